The van der Waals surface area contributed by atoms with Gasteiger partial charge in [0.2, 0.25) is 10.9 Å². The standard InChI is InChI=1S/C12H13N3O3S/c1-18-10-8(3-2-4-14-10)5-13-6-9-7-19-11(15-9)12(16)17/h2-4,7,13H,5-6H2,1H3,(H,16,17). The van der Waals surface area contributed by atoms with Crippen LogP contribution in [0.15, 0.2) is 23.7 Å². The monoisotopic (exact) mass is 279 g/mol. The van der Waals surface area contributed by atoms with Crippen molar-refractivity contribution in [2.24, 2.45) is 0 Å². The molecule has 0 aliphatic heterocycles. The average molecular weight is 279 g/mol. The molecule has 0 saturated heterocycles. The van der Waals surface area contributed by atoms with Gasteiger partial charge in [-0.1, -0.05) is 6.07 Å². The van der Waals surface area contributed by atoms with E-state index in [1.54, 1.807) is 18.7 Å². The summed E-state index contributed by atoms with van der Waals surface area (Å²) in [7, 11) is 1.57. The lowest BCUT2D eigenvalue weighted by molar-refractivity contribution is 0.0696. The number of hydrogen-bond acceptors (Lipinski definition) is 6. The van der Waals surface area contributed by atoms with Crippen molar-refractivity contribution in [2.75, 3.05) is 7.11 Å². The van der Waals surface area contributed by atoms with Gasteiger partial charge in [0, 0.05) is 30.2 Å². The van der Waals surface area contributed by atoms with E-state index < -0.39 is 5.97 Å². The minimum absolute atomic E-state index is 0.107. The van der Waals surface area contributed by atoms with Crippen LogP contribution in [0.3, 0.4) is 0 Å². The molecule has 0 atom stereocenters. The number of nitrogens with one attached hydrogen (secondary N) is 1. The quantitative estimate of drug-likeness (QED) is 0.834. The van der Waals surface area contributed by atoms with E-state index in [0.717, 1.165) is 16.9 Å². The van der Waals surface area contributed by atoms with Crippen LogP contribution in [-0.2, 0) is 13.1 Å². The molecule has 0 aromatic carbocycles. The van der Waals surface area contributed by atoms with Gasteiger partial charge in [-0.25, -0.2) is 14.8 Å². The molecule has 6 nitrogen and oxygen atoms in total. The van der Waals surface area contributed by atoms with Crippen LogP contribution in [-0.4, -0.2) is 28.2 Å². The highest BCUT2D eigenvalue weighted by molar-refractivity contribution is 7.11. The van der Waals surface area contributed by atoms with Crippen molar-refractivity contribution in [3.8, 4) is 5.88 Å². The lowest BCUT2D eigenvalue weighted by Crippen LogP contribution is -2.14. The van der Waals surface area contributed by atoms with Crippen molar-refractivity contribution in [1.82, 2.24) is 15.3 Å². The highest BCUT2D eigenvalue weighted by atomic mass is 32.1. The van der Waals surface area contributed by atoms with E-state index in [9.17, 15) is 4.79 Å². The van der Waals surface area contributed by atoms with Crippen LogP contribution in [0.5, 0.6) is 5.88 Å². The predicted molar refractivity (Wildman–Crippen MR) is 70.4 cm³/mol. The Kier molecular flexibility index (Phi) is 4.43. The van der Waals surface area contributed by atoms with Gasteiger partial charge in [0.15, 0.2) is 0 Å². The van der Waals surface area contributed by atoms with Crippen molar-refractivity contribution >= 4 is 17.3 Å². The second-order valence-electron chi connectivity index (χ2n) is 3.72. The van der Waals surface area contributed by atoms with Crippen LogP contribution in [0.25, 0.3) is 0 Å². The van der Waals surface area contributed by atoms with Gasteiger partial charge >= 0.3 is 5.97 Å². The van der Waals surface area contributed by atoms with E-state index in [1.807, 2.05) is 12.1 Å². The summed E-state index contributed by atoms with van der Waals surface area (Å²) in [6.07, 6.45) is 1.67. The number of aromatic carboxylic acids is 1. The smallest absolute Gasteiger partial charge is 0.365 e. The molecular weight excluding hydrogens is 266 g/mol. The summed E-state index contributed by atoms with van der Waals surface area (Å²) in [5.41, 5.74) is 1.66. The third kappa shape index (κ3) is 3.49. The fraction of sp³-hybridized carbons (Fsp3) is 0.250. The molecule has 0 saturated carbocycles. The SMILES string of the molecule is COc1ncccc1CNCc1csc(C(=O)O)n1. The maximum atomic E-state index is 10.7. The lowest BCUT2D eigenvalue weighted by Gasteiger charge is -2.07. The normalized spacial score (nSPS) is 10.4. The summed E-state index contributed by atoms with van der Waals surface area (Å²) in [4.78, 5) is 18.8. The molecule has 100 valence electrons. The highest BCUT2D eigenvalue weighted by Crippen LogP contribution is 2.14. The molecule has 0 unspecified atom stereocenters. The van der Waals surface area contributed by atoms with E-state index in [1.165, 1.54) is 0 Å². The Morgan fingerprint density at radius 3 is 3.05 bits per heavy atom. The van der Waals surface area contributed by atoms with Crippen LogP contribution in [0.4, 0.5) is 0 Å². The van der Waals surface area contributed by atoms with Crippen molar-refractivity contribution in [2.45, 2.75) is 13.1 Å². The Morgan fingerprint density at radius 1 is 1.53 bits per heavy atom. The number of ether oxygens (including phenoxy) is 1. The number of carboxylic acids is 1. The minimum atomic E-state index is -0.995. The molecule has 0 spiro atoms. The molecular formula is C12H13N3O3S. The van der Waals surface area contributed by atoms with Crippen LogP contribution in [0, 0.1) is 0 Å². The van der Waals surface area contributed by atoms with Crippen molar-refractivity contribution in [1.29, 1.82) is 0 Å². The number of nitrogens with zero attached hydrogens (tertiary/aromatic N) is 2. The second kappa shape index (κ2) is 6.26. The van der Waals surface area contributed by atoms with E-state index in [0.29, 0.717) is 24.7 Å². The fourth-order valence-electron chi connectivity index (χ4n) is 1.55. The van der Waals surface area contributed by atoms with Gasteiger partial charge < -0.3 is 15.2 Å². The highest BCUT2D eigenvalue weighted by Gasteiger charge is 2.09. The number of pyridine rings is 1. The zero-order chi connectivity index (χ0) is 13.7. The third-order valence-electron chi connectivity index (χ3n) is 2.40. The maximum Gasteiger partial charge on any atom is 0.365 e. The summed E-state index contributed by atoms with van der Waals surface area (Å²) in [5, 5.41) is 13.8. The Morgan fingerprint density at radius 2 is 2.37 bits per heavy atom. The Bertz CT molecular complexity index is 571. The molecule has 7 heteroatoms. The number of hydrogen-bond donors (Lipinski definition) is 2. The summed E-state index contributed by atoms with van der Waals surface area (Å²) < 4.78 is 5.14. The Hall–Kier alpha value is -1.99. The minimum Gasteiger partial charge on any atom is -0.481 e. The molecule has 2 aromatic heterocycles. The van der Waals surface area contributed by atoms with Gasteiger partial charge in [-0.3, -0.25) is 0 Å². The topological polar surface area (TPSA) is 84.3 Å². The van der Waals surface area contributed by atoms with Gasteiger partial charge in [0.05, 0.1) is 12.8 Å². The van der Waals surface area contributed by atoms with E-state index in [-0.39, 0.29) is 5.01 Å². The molecule has 2 aromatic rings. The molecule has 2 N–H and O–H groups in total. The molecule has 19 heavy (non-hydrogen) atoms. The van der Waals surface area contributed by atoms with Crippen LogP contribution >= 0.6 is 11.3 Å². The summed E-state index contributed by atoms with van der Waals surface area (Å²) >= 11 is 1.12. The van der Waals surface area contributed by atoms with Gasteiger partial charge in [0.25, 0.3) is 0 Å². The Balaban J connectivity index is 1.90. The van der Waals surface area contributed by atoms with Gasteiger partial charge in [-0.15, -0.1) is 11.3 Å². The number of aromatic nitrogens is 2. The summed E-state index contributed by atoms with van der Waals surface area (Å²) in [5.74, 6) is -0.412. The number of methoxy groups -OCH3 is 1. The van der Waals surface area contributed by atoms with Gasteiger partial charge in [-0.2, -0.15) is 0 Å². The van der Waals surface area contributed by atoms with Gasteiger partial charge in [-0.05, 0) is 6.07 Å². The molecule has 0 aliphatic rings. The summed E-state index contributed by atoms with van der Waals surface area (Å²) in [6, 6.07) is 3.76. The predicted octanol–water partition coefficient (Wildman–Crippen LogP) is 1.53. The number of thiazole rings is 1. The van der Waals surface area contributed by atoms with E-state index in [4.69, 9.17) is 9.84 Å². The molecule has 0 aliphatic carbocycles. The zero-order valence-corrected chi connectivity index (χ0v) is 11.1. The molecule has 2 heterocycles. The molecule has 2 rings (SSSR count). The average Bonchev–Trinajstić information content (AvgIpc) is 2.88. The fourth-order valence-corrected chi connectivity index (χ4v) is 2.21. The van der Waals surface area contributed by atoms with Crippen LogP contribution in [0.1, 0.15) is 21.1 Å². The molecule has 0 bridgehead atoms. The Labute approximate surface area is 114 Å². The number of carboxylic acid groups (broad SMARTS) is 1. The number of rotatable bonds is 6. The van der Waals surface area contributed by atoms with Crippen molar-refractivity contribution in [3.63, 3.8) is 0 Å². The number of carbonyl (C=O) groups is 1. The molecule has 0 amide bonds. The molecule has 0 radical (unpaired) electrons. The van der Waals surface area contributed by atoms with Crippen molar-refractivity contribution in [3.05, 3.63) is 40.0 Å². The maximum absolute atomic E-state index is 10.7. The van der Waals surface area contributed by atoms with Crippen molar-refractivity contribution < 1.29 is 14.6 Å². The first kappa shape index (κ1) is 13.4. The second-order valence-corrected chi connectivity index (χ2v) is 4.58. The first-order valence-electron chi connectivity index (χ1n) is 5.57. The van der Waals surface area contributed by atoms with Gasteiger partial charge in [0.1, 0.15) is 0 Å². The first-order valence-corrected chi connectivity index (χ1v) is 6.45. The zero-order valence-electron chi connectivity index (χ0n) is 10.3. The summed E-state index contributed by atoms with van der Waals surface area (Å²) in [6.45, 7) is 1.08. The first-order chi connectivity index (χ1) is 9.20. The van der Waals surface area contributed by atoms with E-state index >= 15 is 0 Å². The largest absolute Gasteiger partial charge is 0.481 e. The third-order valence-corrected chi connectivity index (χ3v) is 3.28. The van der Waals surface area contributed by atoms with Crippen LogP contribution < -0.4 is 10.1 Å². The lowest BCUT2D eigenvalue weighted by atomic mass is 10.2. The molecule has 0 fully saturated rings. The van der Waals surface area contributed by atoms with E-state index in [2.05, 4.69) is 15.3 Å². The van der Waals surface area contributed by atoms with Crippen LogP contribution in [0.2, 0.25) is 0 Å².